The maximum absolute atomic E-state index is 12.8. The lowest BCUT2D eigenvalue weighted by Crippen LogP contribution is -2.17. The normalized spacial score (nSPS) is 12.5. The number of phenolic OH excluding ortho intramolecular Hbond substituents is 1. The van der Waals surface area contributed by atoms with E-state index in [-0.39, 0.29) is 40.3 Å². The molecule has 0 saturated carbocycles. The van der Waals surface area contributed by atoms with Crippen LogP contribution in [0.3, 0.4) is 0 Å². The third-order valence-electron chi connectivity index (χ3n) is 15.8. The first-order valence-electron chi connectivity index (χ1n) is 27.8. The second kappa shape index (κ2) is 19.3. The Morgan fingerprint density at radius 3 is 1.53 bits per heavy atom. The molecule has 3 aromatic heterocycles. The summed E-state index contributed by atoms with van der Waals surface area (Å²) >= 11 is 0. The summed E-state index contributed by atoms with van der Waals surface area (Å²) in [5.74, 6) is 2.67. The van der Waals surface area contributed by atoms with Gasteiger partial charge in [0, 0.05) is 22.1 Å². The molecule has 0 aliphatic heterocycles. The predicted molar refractivity (Wildman–Crippen MR) is 325 cm³/mol. The lowest BCUT2D eigenvalue weighted by molar-refractivity contribution is 0.446. The van der Waals surface area contributed by atoms with Gasteiger partial charge in [-0.15, -0.1) is 0 Å². The van der Waals surface area contributed by atoms with Gasteiger partial charge in [-0.25, -0.2) is 15.0 Å². The third-order valence-corrected chi connectivity index (χ3v) is 15.8. The van der Waals surface area contributed by atoms with Crippen molar-refractivity contribution in [1.29, 1.82) is 0 Å². The van der Waals surface area contributed by atoms with Crippen molar-refractivity contribution in [2.75, 3.05) is 0 Å². The van der Waals surface area contributed by atoms with Crippen LogP contribution in [0.4, 0.5) is 0 Å². The molecule has 11 rings (SSSR count). The number of rotatable bonds is 10. The number of hydrogen-bond acceptors (Lipinski definition) is 4. The summed E-state index contributed by atoms with van der Waals surface area (Å²) in [6, 6.07) is 57.0. The molecular formula is C71H73N5O. The molecule has 0 fully saturated rings. The summed E-state index contributed by atoms with van der Waals surface area (Å²) in [5, 5.41) is 13.7. The smallest absolute Gasteiger partial charge is 0.149 e. The Labute approximate surface area is 455 Å². The predicted octanol–water partition coefficient (Wildman–Crippen LogP) is 19.5. The summed E-state index contributed by atoms with van der Waals surface area (Å²) in [4.78, 5) is 17.0. The van der Waals surface area contributed by atoms with Crippen LogP contribution in [0.5, 0.6) is 5.75 Å². The van der Waals surface area contributed by atoms with Crippen LogP contribution in [0, 0.1) is 0 Å². The van der Waals surface area contributed by atoms with Gasteiger partial charge in [0.2, 0.25) is 0 Å². The van der Waals surface area contributed by atoms with Crippen molar-refractivity contribution in [3.63, 3.8) is 0 Å². The fraction of sp³-hybridized carbons (Fsp3) is 0.282. The Kier molecular flexibility index (Phi) is 12.9. The van der Waals surface area contributed by atoms with E-state index in [0.29, 0.717) is 5.82 Å². The number of nitrogens with zero attached hydrogens (tertiary/aromatic N) is 5. The van der Waals surface area contributed by atoms with Gasteiger partial charge in [0.15, 0.2) is 0 Å². The van der Waals surface area contributed by atoms with E-state index >= 15 is 0 Å². The summed E-state index contributed by atoms with van der Waals surface area (Å²) in [6.07, 6.45) is 0. The lowest BCUT2D eigenvalue weighted by atomic mass is 9.78. The van der Waals surface area contributed by atoms with Crippen molar-refractivity contribution in [2.45, 2.75) is 131 Å². The number of phenols is 1. The van der Waals surface area contributed by atoms with Crippen molar-refractivity contribution >= 4 is 38.6 Å². The third kappa shape index (κ3) is 8.99. The van der Waals surface area contributed by atoms with E-state index in [9.17, 15) is 5.11 Å². The summed E-state index contributed by atoms with van der Waals surface area (Å²) in [5.41, 5.74) is 21.8. The Bertz CT molecular complexity index is 4010. The zero-order valence-electron chi connectivity index (χ0n) is 47.5. The van der Waals surface area contributed by atoms with Crippen LogP contribution in [0.1, 0.15) is 154 Å². The molecule has 0 bridgehead atoms. The second-order valence-corrected chi connectivity index (χ2v) is 24.7. The number of fused-ring (bicyclic) bond motifs is 6. The maximum atomic E-state index is 12.8. The molecule has 0 atom stereocenters. The highest BCUT2D eigenvalue weighted by molar-refractivity contribution is 6.03. The van der Waals surface area contributed by atoms with Gasteiger partial charge in [0.25, 0.3) is 0 Å². The van der Waals surface area contributed by atoms with E-state index in [4.69, 9.17) is 15.0 Å². The average molecular weight is 1010 g/mol. The number of benzene rings is 8. The van der Waals surface area contributed by atoms with Gasteiger partial charge in [-0.1, -0.05) is 206 Å². The van der Waals surface area contributed by atoms with Gasteiger partial charge in [0.05, 0.1) is 38.8 Å². The lowest BCUT2D eigenvalue weighted by Gasteiger charge is -2.28. The topological polar surface area (TPSA) is 68.2 Å². The van der Waals surface area contributed by atoms with E-state index in [2.05, 4.69) is 264 Å². The van der Waals surface area contributed by atoms with Crippen molar-refractivity contribution in [3.8, 4) is 67.6 Å². The van der Waals surface area contributed by atoms with Gasteiger partial charge >= 0.3 is 0 Å². The van der Waals surface area contributed by atoms with Crippen LogP contribution in [-0.2, 0) is 10.8 Å². The summed E-state index contributed by atoms with van der Waals surface area (Å²) in [7, 11) is 0. The first-order valence-corrected chi connectivity index (χ1v) is 27.8. The van der Waals surface area contributed by atoms with Gasteiger partial charge in [0.1, 0.15) is 23.0 Å². The van der Waals surface area contributed by atoms with E-state index in [0.717, 1.165) is 77.9 Å². The molecule has 0 aliphatic rings. The molecule has 3 heterocycles. The highest BCUT2D eigenvalue weighted by Gasteiger charge is 2.31. The first-order chi connectivity index (χ1) is 36.7. The van der Waals surface area contributed by atoms with Crippen LogP contribution in [-0.4, -0.2) is 29.0 Å². The number of imidazole rings is 2. The molecule has 0 amide bonds. The summed E-state index contributed by atoms with van der Waals surface area (Å²) < 4.78 is 4.68. The zero-order chi connectivity index (χ0) is 54.4. The minimum absolute atomic E-state index is 0.166. The SMILES string of the molecule is CC(C)c1cc(-c2ccccc2)cc(C(C)C)c1-c1nc2ccc(-c3cccc4c3nc(-c3cc(C(C)(C)C)cc(C(C)(C)C)c3O)n4-c3c(C(C)C)cc(-c4ccccc4)cc3C(C)C)cc2c2nc3ccccc3n12. The van der Waals surface area contributed by atoms with Gasteiger partial charge < -0.3 is 5.11 Å². The molecule has 0 aliphatic carbocycles. The molecule has 388 valence electrons. The molecule has 0 radical (unpaired) electrons. The highest BCUT2D eigenvalue weighted by atomic mass is 16.3. The molecule has 0 unspecified atom stereocenters. The molecule has 1 N–H and O–H groups in total. The molecule has 0 spiro atoms. The zero-order valence-corrected chi connectivity index (χ0v) is 47.5. The Morgan fingerprint density at radius 1 is 0.429 bits per heavy atom. The molecule has 77 heavy (non-hydrogen) atoms. The minimum Gasteiger partial charge on any atom is -0.507 e. The second-order valence-electron chi connectivity index (χ2n) is 24.7. The Morgan fingerprint density at radius 2 is 0.974 bits per heavy atom. The van der Waals surface area contributed by atoms with E-state index in [1.54, 1.807) is 0 Å². The van der Waals surface area contributed by atoms with Crippen LogP contribution in [0.25, 0.3) is 100 Å². The van der Waals surface area contributed by atoms with Crippen LogP contribution < -0.4 is 0 Å². The molecule has 6 heteroatoms. The summed E-state index contributed by atoms with van der Waals surface area (Å²) in [6.45, 7) is 31.6. The van der Waals surface area contributed by atoms with Crippen LogP contribution in [0.2, 0.25) is 0 Å². The number of aromatic hydroxyl groups is 1. The molecular weight excluding hydrogens is 939 g/mol. The van der Waals surface area contributed by atoms with Crippen molar-refractivity contribution in [2.24, 2.45) is 0 Å². The average Bonchev–Trinajstić information content (AvgIpc) is 4.08. The van der Waals surface area contributed by atoms with Crippen LogP contribution in [0.15, 0.2) is 158 Å². The largest absolute Gasteiger partial charge is 0.507 e. The maximum Gasteiger partial charge on any atom is 0.149 e. The molecule has 6 nitrogen and oxygen atoms in total. The van der Waals surface area contributed by atoms with Gasteiger partial charge in [-0.05, 0) is 139 Å². The highest BCUT2D eigenvalue weighted by Crippen LogP contribution is 2.48. The number of para-hydroxylation sites is 3. The molecule has 11 aromatic rings. The Hall–Kier alpha value is -7.83. The van der Waals surface area contributed by atoms with Crippen LogP contribution >= 0.6 is 0 Å². The van der Waals surface area contributed by atoms with Crippen molar-refractivity contribution in [1.82, 2.24) is 23.9 Å². The first kappa shape index (κ1) is 51.3. The quantitative estimate of drug-likeness (QED) is 0.148. The monoisotopic (exact) mass is 1010 g/mol. The van der Waals surface area contributed by atoms with Gasteiger partial charge in [-0.2, -0.15) is 0 Å². The fourth-order valence-corrected chi connectivity index (χ4v) is 11.6. The van der Waals surface area contributed by atoms with Crippen molar-refractivity contribution in [3.05, 3.63) is 191 Å². The van der Waals surface area contributed by atoms with E-state index in [1.165, 1.54) is 50.1 Å². The number of aromatic nitrogens is 5. The number of hydrogen-bond donors (Lipinski definition) is 1. The van der Waals surface area contributed by atoms with E-state index < -0.39 is 0 Å². The van der Waals surface area contributed by atoms with E-state index in [1.807, 2.05) is 0 Å². The van der Waals surface area contributed by atoms with Gasteiger partial charge in [-0.3, -0.25) is 8.97 Å². The Balaban J connectivity index is 1.21. The molecule has 0 saturated heterocycles. The standard InChI is InChI=1S/C71H73N5O/c1-41(2)52-35-48(45-24-17-15-18-25-45)36-53(42(3)4)63(52)69-72-59-33-32-47(34-56(59)67-73-60-29-21-22-30-61(60)76(67)69)51-28-23-31-62-64(51)74-68(57-39-50(70(9,10)11)40-58(66(57)77)71(12,13)14)75(62)65-54(43(5)6)37-49(38-55(65)44(7)8)46-26-19-16-20-27-46/h15-44,77H,1-14H3. The minimum atomic E-state index is -0.341. The molecule has 8 aromatic carbocycles. The fourth-order valence-electron chi connectivity index (χ4n) is 11.6. The van der Waals surface area contributed by atoms with Crippen molar-refractivity contribution < 1.29 is 5.11 Å².